The third kappa shape index (κ3) is 1.76. The first kappa shape index (κ1) is 12.9. The van der Waals surface area contributed by atoms with E-state index < -0.39 is 36.6 Å². The highest BCUT2D eigenvalue weighted by atomic mass is 16.6. The lowest BCUT2D eigenvalue weighted by atomic mass is 10.1. The number of aromatic amines is 1. The molecule has 0 aromatic carbocycles. The van der Waals surface area contributed by atoms with Gasteiger partial charge in [-0.2, -0.15) is 4.52 Å². The number of nitrogens with two attached hydrogens (primary N) is 1. The van der Waals surface area contributed by atoms with Crippen molar-refractivity contribution in [2.75, 3.05) is 12.3 Å². The van der Waals surface area contributed by atoms with E-state index in [1.165, 1.54) is 0 Å². The summed E-state index contributed by atoms with van der Waals surface area (Å²) in [5.41, 5.74) is 4.72. The van der Waals surface area contributed by atoms with Crippen LogP contribution in [0.5, 0.6) is 0 Å². The molecule has 0 saturated carbocycles. The van der Waals surface area contributed by atoms with Gasteiger partial charge in [0.1, 0.15) is 24.4 Å². The number of H-pyrrole nitrogens is 1. The van der Waals surface area contributed by atoms with E-state index in [1.807, 2.05) is 0 Å². The van der Waals surface area contributed by atoms with Crippen molar-refractivity contribution < 1.29 is 20.1 Å². The second-order valence-corrected chi connectivity index (χ2v) is 4.39. The first-order chi connectivity index (χ1) is 9.52. The third-order valence-electron chi connectivity index (χ3n) is 3.11. The van der Waals surface area contributed by atoms with E-state index >= 15 is 0 Å². The van der Waals surface area contributed by atoms with Gasteiger partial charge in [-0.15, -0.1) is 15.3 Å². The fourth-order valence-corrected chi connectivity index (χ4v) is 2.13. The predicted octanol–water partition coefficient (Wildman–Crippen LogP) is -3.45. The fraction of sp³-hybridized carbons (Fsp3) is 0.556. The maximum atomic E-state index is 11.6. The summed E-state index contributed by atoms with van der Waals surface area (Å²) in [6, 6.07) is 0. The SMILES string of the molecule is Nc1nn2c(C3OC(CO)C(O)C3O)nnc2c(=O)[nH]1. The Hall–Kier alpha value is -2.08. The summed E-state index contributed by atoms with van der Waals surface area (Å²) in [6.45, 7) is -0.471. The molecule has 4 unspecified atom stereocenters. The van der Waals surface area contributed by atoms with Crippen molar-refractivity contribution in [1.82, 2.24) is 24.8 Å². The van der Waals surface area contributed by atoms with Crippen LogP contribution in [-0.4, -0.2) is 65.0 Å². The van der Waals surface area contributed by atoms with Crippen LogP contribution < -0.4 is 11.3 Å². The Morgan fingerprint density at radius 1 is 1.35 bits per heavy atom. The van der Waals surface area contributed by atoms with Gasteiger partial charge in [0, 0.05) is 0 Å². The van der Waals surface area contributed by atoms with Crippen molar-refractivity contribution >= 4 is 11.6 Å². The van der Waals surface area contributed by atoms with E-state index in [9.17, 15) is 15.0 Å². The van der Waals surface area contributed by atoms with Crippen molar-refractivity contribution in [1.29, 1.82) is 0 Å². The Morgan fingerprint density at radius 2 is 2.10 bits per heavy atom. The lowest BCUT2D eigenvalue weighted by Gasteiger charge is -2.11. The van der Waals surface area contributed by atoms with E-state index in [1.54, 1.807) is 0 Å². The molecule has 1 aliphatic heterocycles. The molecular formula is C9H12N6O5. The lowest BCUT2D eigenvalue weighted by molar-refractivity contribution is -0.0258. The molecule has 1 fully saturated rings. The zero-order valence-electron chi connectivity index (χ0n) is 10.0. The second-order valence-electron chi connectivity index (χ2n) is 4.39. The van der Waals surface area contributed by atoms with E-state index in [0.717, 1.165) is 4.52 Å². The minimum atomic E-state index is -1.33. The van der Waals surface area contributed by atoms with Gasteiger partial charge in [0.25, 0.3) is 5.56 Å². The monoisotopic (exact) mass is 284 g/mol. The Balaban J connectivity index is 2.09. The normalized spacial score (nSPS) is 30.1. The first-order valence-corrected chi connectivity index (χ1v) is 5.76. The third-order valence-corrected chi connectivity index (χ3v) is 3.11. The number of nitrogen functional groups attached to an aromatic ring is 1. The molecule has 0 amide bonds. The summed E-state index contributed by atoms with van der Waals surface area (Å²) in [4.78, 5) is 13.9. The van der Waals surface area contributed by atoms with Crippen molar-refractivity contribution in [2.45, 2.75) is 24.4 Å². The fourth-order valence-electron chi connectivity index (χ4n) is 2.13. The van der Waals surface area contributed by atoms with Gasteiger partial charge in [0.15, 0.2) is 5.82 Å². The van der Waals surface area contributed by atoms with Crippen molar-refractivity contribution in [3.05, 3.63) is 16.2 Å². The number of ether oxygens (including phenoxy) is 1. The number of fused-ring (bicyclic) bond motifs is 1. The molecule has 0 radical (unpaired) electrons. The lowest BCUT2D eigenvalue weighted by Crippen LogP contribution is -2.32. The number of aromatic nitrogens is 5. The number of hydrogen-bond donors (Lipinski definition) is 5. The average Bonchev–Trinajstić information content (AvgIpc) is 2.93. The molecule has 11 nitrogen and oxygen atoms in total. The summed E-state index contributed by atoms with van der Waals surface area (Å²) in [6.07, 6.45) is -4.65. The predicted molar refractivity (Wildman–Crippen MR) is 62.5 cm³/mol. The van der Waals surface area contributed by atoms with Crippen LogP contribution in [-0.2, 0) is 4.74 Å². The number of rotatable bonds is 2. The molecule has 0 spiro atoms. The summed E-state index contributed by atoms with van der Waals surface area (Å²) in [7, 11) is 0. The van der Waals surface area contributed by atoms with Gasteiger partial charge in [-0.3, -0.25) is 9.78 Å². The molecule has 2 aromatic heterocycles. The van der Waals surface area contributed by atoms with Crippen LogP contribution in [0, 0.1) is 0 Å². The highest BCUT2D eigenvalue weighted by molar-refractivity contribution is 5.35. The smallest absolute Gasteiger partial charge is 0.297 e. The quantitative estimate of drug-likeness (QED) is 0.376. The number of aliphatic hydroxyl groups is 3. The molecule has 1 aliphatic rings. The molecule has 1 saturated heterocycles. The minimum Gasteiger partial charge on any atom is -0.394 e. The highest BCUT2D eigenvalue weighted by Gasteiger charge is 2.45. The zero-order chi connectivity index (χ0) is 14.4. The maximum Gasteiger partial charge on any atom is 0.297 e. The van der Waals surface area contributed by atoms with Gasteiger partial charge in [0.05, 0.1) is 6.61 Å². The Labute approximate surface area is 110 Å². The van der Waals surface area contributed by atoms with Crippen LogP contribution in [0.15, 0.2) is 4.79 Å². The number of anilines is 1. The van der Waals surface area contributed by atoms with Crippen LogP contribution in [0.1, 0.15) is 11.9 Å². The molecule has 108 valence electrons. The van der Waals surface area contributed by atoms with Gasteiger partial charge in [-0.25, -0.2) is 0 Å². The minimum absolute atomic E-state index is 0.0142. The van der Waals surface area contributed by atoms with Crippen LogP contribution in [0.2, 0.25) is 0 Å². The van der Waals surface area contributed by atoms with Gasteiger partial charge >= 0.3 is 0 Å². The van der Waals surface area contributed by atoms with E-state index in [0.29, 0.717) is 0 Å². The molecule has 20 heavy (non-hydrogen) atoms. The molecule has 6 N–H and O–H groups in total. The molecular weight excluding hydrogens is 272 g/mol. The average molecular weight is 284 g/mol. The van der Waals surface area contributed by atoms with Crippen molar-refractivity contribution in [3.63, 3.8) is 0 Å². The molecule has 3 heterocycles. The van der Waals surface area contributed by atoms with E-state index in [4.69, 9.17) is 15.6 Å². The Bertz CT molecular complexity index is 698. The number of nitrogens with zero attached hydrogens (tertiary/aromatic N) is 4. The van der Waals surface area contributed by atoms with Crippen LogP contribution in [0.4, 0.5) is 5.95 Å². The van der Waals surface area contributed by atoms with Crippen molar-refractivity contribution in [2.24, 2.45) is 0 Å². The van der Waals surface area contributed by atoms with Crippen molar-refractivity contribution in [3.8, 4) is 0 Å². The van der Waals surface area contributed by atoms with Crippen LogP contribution in [0.25, 0.3) is 5.65 Å². The first-order valence-electron chi connectivity index (χ1n) is 5.76. The topological polar surface area (TPSA) is 172 Å². The molecule has 11 heteroatoms. The van der Waals surface area contributed by atoms with Gasteiger partial charge in [-0.05, 0) is 0 Å². The maximum absolute atomic E-state index is 11.6. The molecule has 0 bridgehead atoms. The number of nitrogens with one attached hydrogen (secondary N) is 1. The standard InChI is InChI=1S/C9H12N6O5/c10-9-11-8(19)7-13-12-6(15(7)14-9)5-4(18)3(17)2(1-16)20-5/h2-5,16-18H,1H2,(H3,10,11,14,19). The number of aliphatic hydroxyl groups excluding tert-OH is 3. The molecule has 0 aliphatic carbocycles. The summed E-state index contributed by atoms with van der Waals surface area (Å²) < 4.78 is 6.34. The van der Waals surface area contributed by atoms with Gasteiger partial charge in [0.2, 0.25) is 11.6 Å². The molecule has 3 rings (SSSR count). The van der Waals surface area contributed by atoms with Gasteiger partial charge < -0.3 is 25.8 Å². The number of hydrogen-bond acceptors (Lipinski definition) is 9. The molecule has 4 atom stereocenters. The van der Waals surface area contributed by atoms with Crippen LogP contribution >= 0.6 is 0 Å². The Morgan fingerprint density at radius 3 is 2.75 bits per heavy atom. The molecule has 2 aromatic rings. The van der Waals surface area contributed by atoms with E-state index in [2.05, 4.69) is 20.3 Å². The summed E-state index contributed by atoms with van der Waals surface area (Å²) >= 11 is 0. The zero-order valence-corrected chi connectivity index (χ0v) is 10.0. The van der Waals surface area contributed by atoms with E-state index in [-0.39, 0.29) is 17.4 Å². The largest absolute Gasteiger partial charge is 0.394 e. The van der Waals surface area contributed by atoms with Crippen LogP contribution in [0.3, 0.4) is 0 Å². The summed E-state index contributed by atoms with van der Waals surface area (Å²) in [5, 5.41) is 39.9. The van der Waals surface area contributed by atoms with Gasteiger partial charge in [-0.1, -0.05) is 0 Å². The highest BCUT2D eigenvalue weighted by Crippen LogP contribution is 2.32. The Kier molecular flexibility index (Phi) is 2.90. The second kappa shape index (κ2) is 4.49. The summed E-state index contributed by atoms with van der Waals surface area (Å²) in [5.74, 6) is -0.143.